The highest BCUT2D eigenvalue weighted by Gasteiger charge is 2.16. The number of anilines is 1. The average Bonchev–Trinajstić information content (AvgIpc) is 2.98. The number of hydrogen-bond donors (Lipinski definition) is 1. The summed E-state index contributed by atoms with van der Waals surface area (Å²) in [4.78, 5) is 17.4. The Bertz CT molecular complexity index is 684. The molecule has 2 heterocycles. The predicted octanol–water partition coefficient (Wildman–Crippen LogP) is 2.69. The van der Waals surface area contributed by atoms with Crippen molar-refractivity contribution in [1.29, 1.82) is 0 Å². The van der Waals surface area contributed by atoms with Crippen LogP contribution in [0.25, 0.3) is 10.9 Å². The van der Waals surface area contributed by atoms with E-state index >= 15 is 0 Å². The lowest BCUT2D eigenvalue weighted by atomic mass is 10.2. The van der Waals surface area contributed by atoms with Crippen molar-refractivity contribution >= 4 is 16.6 Å². The molecule has 1 aromatic heterocycles. The molecular formula is C16H18N2O2. The normalized spacial score (nSPS) is 14.7. The topological polar surface area (TPSA) is 45.3 Å². The number of H-pyrrole nitrogens is 1. The fourth-order valence-corrected chi connectivity index (χ4v) is 2.65. The molecule has 1 aliphatic heterocycles. The Morgan fingerprint density at radius 1 is 1.35 bits per heavy atom. The Morgan fingerprint density at radius 3 is 2.90 bits per heavy atom. The number of nitrogens with one attached hydrogen (secondary N) is 1. The maximum Gasteiger partial charge on any atom is 0.272 e. The Labute approximate surface area is 117 Å². The minimum Gasteiger partial charge on any atom is -0.487 e. The summed E-state index contributed by atoms with van der Waals surface area (Å²) in [6.07, 6.45) is 4.00. The zero-order valence-corrected chi connectivity index (χ0v) is 11.4. The van der Waals surface area contributed by atoms with Gasteiger partial charge >= 0.3 is 0 Å². The van der Waals surface area contributed by atoms with Gasteiger partial charge in [0.15, 0.2) is 0 Å². The summed E-state index contributed by atoms with van der Waals surface area (Å²) < 4.78 is 5.59. The first-order chi connectivity index (χ1) is 9.79. The summed E-state index contributed by atoms with van der Waals surface area (Å²) in [6.45, 7) is 5.98. The SMILES string of the molecule is C=CCOc1cccc2cc(N3CCCC3)c(=O)[nH]c12. The number of para-hydroxylation sites is 1. The van der Waals surface area contributed by atoms with Gasteiger partial charge in [0, 0.05) is 18.5 Å². The fraction of sp³-hybridized carbons (Fsp3) is 0.312. The van der Waals surface area contributed by atoms with Gasteiger partial charge in [-0.25, -0.2) is 0 Å². The molecule has 1 saturated heterocycles. The second kappa shape index (κ2) is 5.41. The van der Waals surface area contributed by atoms with Crippen LogP contribution in [0.2, 0.25) is 0 Å². The molecule has 0 radical (unpaired) electrons. The molecule has 20 heavy (non-hydrogen) atoms. The summed E-state index contributed by atoms with van der Waals surface area (Å²) in [6, 6.07) is 7.75. The summed E-state index contributed by atoms with van der Waals surface area (Å²) in [5.74, 6) is 0.687. The number of ether oxygens (including phenoxy) is 1. The van der Waals surface area contributed by atoms with Crippen molar-refractivity contribution < 1.29 is 4.74 Å². The Morgan fingerprint density at radius 2 is 2.15 bits per heavy atom. The zero-order chi connectivity index (χ0) is 13.9. The zero-order valence-electron chi connectivity index (χ0n) is 11.4. The first-order valence-corrected chi connectivity index (χ1v) is 6.94. The van der Waals surface area contributed by atoms with Crippen molar-refractivity contribution in [2.45, 2.75) is 12.8 Å². The molecule has 2 aromatic rings. The lowest BCUT2D eigenvalue weighted by molar-refractivity contribution is 0.367. The second-order valence-corrected chi connectivity index (χ2v) is 5.00. The number of pyridine rings is 1. The van der Waals surface area contributed by atoms with Gasteiger partial charge in [0.25, 0.3) is 5.56 Å². The number of fused-ring (bicyclic) bond motifs is 1. The molecule has 0 atom stereocenters. The standard InChI is InChI=1S/C16H18N2O2/c1-2-10-20-14-7-5-6-12-11-13(16(19)17-15(12)14)18-8-3-4-9-18/h2,5-7,11H,1,3-4,8-10H2,(H,17,19). The number of hydrogen-bond acceptors (Lipinski definition) is 3. The van der Waals surface area contributed by atoms with E-state index in [1.807, 2.05) is 24.3 Å². The third-order valence-corrected chi connectivity index (χ3v) is 3.63. The van der Waals surface area contributed by atoms with Crippen LogP contribution in [0.3, 0.4) is 0 Å². The van der Waals surface area contributed by atoms with Gasteiger partial charge in [-0.15, -0.1) is 0 Å². The highest BCUT2D eigenvalue weighted by Crippen LogP contribution is 2.26. The number of nitrogens with zero attached hydrogens (tertiary/aromatic N) is 1. The molecule has 4 nitrogen and oxygen atoms in total. The van der Waals surface area contributed by atoms with Crippen molar-refractivity contribution in [2.75, 3.05) is 24.6 Å². The van der Waals surface area contributed by atoms with E-state index in [0.29, 0.717) is 12.4 Å². The van der Waals surface area contributed by atoms with E-state index < -0.39 is 0 Å². The summed E-state index contributed by atoms with van der Waals surface area (Å²) in [5, 5.41) is 0.994. The van der Waals surface area contributed by atoms with Crippen LogP contribution in [-0.2, 0) is 0 Å². The van der Waals surface area contributed by atoms with Crippen LogP contribution in [0.5, 0.6) is 5.75 Å². The van der Waals surface area contributed by atoms with Crippen molar-refractivity contribution in [2.24, 2.45) is 0 Å². The molecule has 1 N–H and O–H groups in total. The number of aromatic nitrogens is 1. The molecule has 0 spiro atoms. The van der Waals surface area contributed by atoms with Gasteiger partial charge in [-0.3, -0.25) is 4.79 Å². The molecule has 0 aliphatic carbocycles. The minimum atomic E-state index is -0.0472. The largest absolute Gasteiger partial charge is 0.487 e. The Kier molecular flexibility index (Phi) is 3.46. The molecule has 3 rings (SSSR count). The molecule has 0 saturated carbocycles. The molecular weight excluding hydrogens is 252 g/mol. The summed E-state index contributed by atoms with van der Waals surface area (Å²) in [5.41, 5.74) is 1.47. The fourth-order valence-electron chi connectivity index (χ4n) is 2.65. The highest BCUT2D eigenvalue weighted by molar-refractivity contribution is 5.86. The molecule has 1 aromatic carbocycles. The van der Waals surface area contributed by atoms with Crippen LogP contribution >= 0.6 is 0 Å². The number of aromatic amines is 1. The molecule has 104 valence electrons. The lowest BCUT2D eigenvalue weighted by Crippen LogP contribution is -2.25. The van der Waals surface area contributed by atoms with Crippen LogP contribution in [0.1, 0.15) is 12.8 Å². The van der Waals surface area contributed by atoms with Gasteiger partial charge in [-0.05, 0) is 25.0 Å². The van der Waals surface area contributed by atoms with E-state index in [4.69, 9.17) is 4.74 Å². The summed E-state index contributed by atoms with van der Waals surface area (Å²) in [7, 11) is 0. The van der Waals surface area contributed by atoms with Gasteiger partial charge in [-0.2, -0.15) is 0 Å². The van der Waals surface area contributed by atoms with E-state index in [1.54, 1.807) is 6.08 Å². The van der Waals surface area contributed by atoms with Gasteiger partial charge in [0.2, 0.25) is 0 Å². The molecule has 1 aliphatic rings. The first-order valence-electron chi connectivity index (χ1n) is 6.94. The van der Waals surface area contributed by atoms with Gasteiger partial charge in [0.05, 0.1) is 5.52 Å². The lowest BCUT2D eigenvalue weighted by Gasteiger charge is -2.17. The smallest absolute Gasteiger partial charge is 0.272 e. The molecule has 1 fully saturated rings. The van der Waals surface area contributed by atoms with Crippen LogP contribution < -0.4 is 15.2 Å². The quantitative estimate of drug-likeness (QED) is 0.869. The van der Waals surface area contributed by atoms with E-state index in [1.165, 1.54) is 0 Å². The average molecular weight is 270 g/mol. The predicted molar refractivity (Wildman–Crippen MR) is 81.7 cm³/mol. The minimum absolute atomic E-state index is 0.0472. The maximum absolute atomic E-state index is 12.3. The van der Waals surface area contributed by atoms with E-state index in [0.717, 1.165) is 42.5 Å². The second-order valence-electron chi connectivity index (χ2n) is 5.00. The molecule has 0 bridgehead atoms. The third kappa shape index (κ3) is 2.29. The van der Waals surface area contributed by atoms with Crippen LogP contribution in [-0.4, -0.2) is 24.7 Å². The van der Waals surface area contributed by atoms with Crippen LogP contribution in [0, 0.1) is 0 Å². The third-order valence-electron chi connectivity index (χ3n) is 3.63. The van der Waals surface area contributed by atoms with Crippen LogP contribution in [0.4, 0.5) is 5.69 Å². The molecule has 0 unspecified atom stereocenters. The number of benzene rings is 1. The van der Waals surface area contributed by atoms with Crippen molar-refractivity contribution in [1.82, 2.24) is 4.98 Å². The maximum atomic E-state index is 12.3. The van der Waals surface area contributed by atoms with Crippen molar-refractivity contribution in [3.8, 4) is 5.75 Å². The van der Waals surface area contributed by atoms with E-state index in [-0.39, 0.29) is 5.56 Å². The van der Waals surface area contributed by atoms with Crippen molar-refractivity contribution in [3.63, 3.8) is 0 Å². The van der Waals surface area contributed by atoms with E-state index in [2.05, 4.69) is 16.5 Å². The molecule has 0 amide bonds. The highest BCUT2D eigenvalue weighted by atomic mass is 16.5. The van der Waals surface area contributed by atoms with Gasteiger partial charge < -0.3 is 14.6 Å². The Hall–Kier alpha value is -2.23. The number of rotatable bonds is 4. The van der Waals surface area contributed by atoms with Gasteiger partial charge in [0.1, 0.15) is 18.0 Å². The Balaban J connectivity index is 2.07. The van der Waals surface area contributed by atoms with E-state index in [9.17, 15) is 4.79 Å². The van der Waals surface area contributed by atoms with Crippen molar-refractivity contribution in [3.05, 3.63) is 47.3 Å². The van der Waals surface area contributed by atoms with Gasteiger partial charge in [-0.1, -0.05) is 24.8 Å². The first kappa shape index (κ1) is 12.8. The summed E-state index contributed by atoms with van der Waals surface area (Å²) >= 11 is 0. The molecule has 4 heteroatoms. The monoisotopic (exact) mass is 270 g/mol. The van der Waals surface area contributed by atoms with Crippen LogP contribution in [0.15, 0.2) is 41.7 Å².